The quantitative estimate of drug-likeness (QED) is 0.777. The number of nitrogens with zero attached hydrogens (tertiary/aromatic N) is 3. The fraction of sp³-hybridized carbons (Fsp3) is 0.588. The Balaban J connectivity index is 0. The molecule has 1 atom stereocenters. The standard InChI is InChI=1S/C17H28N4O.3ClH/c1-3-16(18)17(22)19(2)9-10-20-11-13-21(14-12-20)15-7-5-4-6-8-15;;;/h4-8,16H,3,9-14,18H2,1-2H3;3*1H/t16-;;;/m0.../s1. The van der Waals surface area contributed by atoms with E-state index in [0.29, 0.717) is 6.42 Å². The lowest BCUT2D eigenvalue weighted by Gasteiger charge is -2.36. The number of piperazine rings is 1. The predicted molar refractivity (Wildman–Crippen MR) is 113 cm³/mol. The van der Waals surface area contributed by atoms with Crippen LogP contribution < -0.4 is 10.6 Å². The molecule has 0 spiro atoms. The molecule has 0 aromatic heterocycles. The minimum Gasteiger partial charge on any atom is -0.369 e. The Kier molecular flexibility index (Phi) is 14.3. The van der Waals surface area contributed by atoms with Crippen molar-refractivity contribution in [1.82, 2.24) is 9.80 Å². The van der Waals surface area contributed by atoms with E-state index in [9.17, 15) is 4.79 Å². The van der Waals surface area contributed by atoms with Crippen molar-refractivity contribution in [3.05, 3.63) is 30.3 Å². The van der Waals surface area contributed by atoms with Crippen molar-refractivity contribution in [3.63, 3.8) is 0 Å². The molecule has 1 aromatic rings. The molecule has 1 aromatic carbocycles. The zero-order valence-corrected chi connectivity index (χ0v) is 17.4. The number of carbonyl (C=O) groups is 1. The number of carbonyl (C=O) groups excluding carboxylic acids is 1. The van der Waals surface area contributed by atoms with Crippen LogP contribution in [0, 0.1) is 0 Å². The van der Waals surface area contributed by atoms with Crippen LogP contribution in [0.4, 0.5) is 5.69 Å². The first-order valence-electron chi connectivity index (χ1n) is 8.14. The first-order valence-corrected chi connectivity index (χ1v) is 8.14. The van der Waals surface area contributed by atoms with Crippen LogP contribution >= 0.6 is 37.2 Å². The summed E-state index contributed by atoms with van der Waals surface area (Å²) in [7, 11) is 1.85. The predicted octanol–water partition coefficient (Wildman–Crippen LogP) is 2.27. The minimum atomic E-state index is -0.361. The van der Waals surface area contributed by atoms with Crippen molar-refractivity contribution in [2.75, 3.05) is 51.2 Å². The number of halogens is 3. The highest BCUT2D eigenvalue weighted by Gasteiger charge is 2.19. The van der Waals surface area contributed by atoms with E-state index in [4.69, 9.17) is 5.73 Å². The molecule has 0 radical (unpaired) electrons. The highest BCUT2D eigenvalue weighted by Crippen LogP contribution is 2.15. The highest BCUT2D eigenvalue weighted by molar-refractivity contribution is 5.86. The van der Waals surface area contributed by atoms with Crippen LogP contribution in [0.2, 0.25) is 0 Å². The number of benzene rings is 1. The second kappa shape index (κ2) is 13.5. The molecule has 0 saturated carbocycles. The van der Waals surface area contributed by atoms with Gasteiger partial charge < -0.3 is 15.5 Å². The summed E-state index contributed by atoms with van der Waals surface area (Å²) in [4.78, 5) is 18.6. The molecule has 5 nitrogen and oxygen atoms in total. The number of anilines is 1. The molecule has 0 aliphatic carbocycles. The molecule has 1 heterocycles. The molecule has 1 fully saturated rings. The molecular weight excluding hydrogens is 383 g/mol. The number of likely N-dealkylation sites (N-methyl/N-ethyl adjacent to an activating group) is 1. The number of para-hydroxylation sites is 1. The van der Waals surface area contributed by atoms with Gasteiger partial charge in [-0.2, -0.15) is 0 Å². The fourth-order valence-electron chi connectivity index (χ4n) is 2.73. The maximum atomic E-state index is 12.0. The van der Waals surface area contributed by atoms with Crippen molar-refractivity contribution in [1.29, 1.82) is 0 Å². The zero-order valence-electron chi connectivity index (χ0n) is 15.0. The van der Waals surface area contributed by atoms with E-state index in [2.05, 4.69) is 34.1 Å². The lowest BCUT2D eigenvalue weighted by molar-refractivity contribution is -0.131. The molecular formula is C17H31Cl3N4O. The third kappa shape index (κ3) is 8.01. The van der Waals surface area contributed by atoms with E-state index in [1.54, 1.807) is 4.90 Å². The van der Waals surface area contributed by atoms with Crippen molar-refractivity contribution in [3.8, 4) is 0 Å². The number of hydrogen-bond donors (Lipinski definition) is 1. The summed E-state index contributed by atoms with van der Waals surface area (Å²) in [5.41, 5.74) is 7.09. The van der Waals surface area contributed by atoms with Gasteiger partial charge in [-0.15, -0.1) is 37.2 Å². The smallest absolute Gasteiger partial charge is 0.239 e. The Hall–Kier alpha value is -0.720. The summed E-state index contributed by atoms with van der Waals surface area (Å²) >= 11 is 0. The number of amides is 1. The fourth-order valence-corrected chi connectivity index (χ4v) is 2.73. The molecule has 146 valence electrons. The van der Waals surface area contributed by atoms with Gasteiger partial charge >= 0.3 is 0 Å². The Morgan fingerprint density at radius 3 is 2.20 bits per heavy atom. The highest BCUT2D eigenvalue weighted by atomic mass is 35.5. The van der Waals surface area contributed by atoms with Crippen LogP contribution in [-0.2, 0) is 4.79 Å². The maximum Gasteiger partial charge on any atom is 0.239 e. The summed E-state index contributed by atoms with van der Waals surface area (Å²) in [5, 5.41) is 0. The molecule has 2 rings (SSSR count). The average Bonchev–Trinajstić information content (AvgIpc) is 2.59. The van der Waals surface area contributed by atoms with Gasteiger partial charge in [0, 0.05) is 52.0 Å². The van der Waals surface area contributed by atoms with Gasteiger partial charge in [-0.1, -0.05) is 25.1 Å². The Bertz CT molecular complexity index is 470. The average molecular weight is 414 g/mol. The lowest BCUT2D eigenvalue weighted by atomic mass is 10.2. The largest absolute Gasteiger partial charge is 0.369 e. The van der Waals surface area contributed by atoms with E-state index in [1.807, 2.05) is 20.0 Å². The van der Waals surface area contributed by atoms with Crippen LogP contribution in [0.5, 0.6) is 0 Å². The van der Waals surface area contributed by atoms with E-state index in [0.717, 1.165) is 39.3 Å². The van der Waals surface area contributed by atoms with Gasteiger partial charge in [0.05, 0.1) is 6.04 Å². The molecule has 1 aliphatic heterocycles. The Morgan fingerprint density at radius 2 is 1.68 bits per heavy atom. The Morgan fingerprint density at radius 1 is 1.12 bits per heavy atom. The first-order chi connectivity index (χ1) is 10.6. The molecule has 1 amide bonds. The van der Waals surface area contributed by atoms with Gasteiger partial charge in [-0.3, -0.25) is 9.69 Å². The van der Waals surface area contributed by atoms with Crippen LogP contribution in [0.3, 0.4) is 0 Å². The molecule has 1 saturated heterocycles. The topological polar surface area (TPSA) is 52.8 Å². The first kappa shape index (κ1) is 26.5. The third-order valence-corrected chi connectivity index (χ3v) is 4.38. The monoisotopic (exact) mass is 412 g/mol. The molecule has 25 heavy (non-hydrogen) atoms. The van der Waals surface area contributed by atoms with Crippen LogP contribution in [0.25, 0.3) is 0 Å². The van der Waals surface area contributed by atoms with Gasteiger partial charge in [-0.25, -0.2) is 0 Å². The van der Waals surface area contributed by atoms with Crippen LogP contribution in [0.1, 0.15) is 13.3 Å². The lowest BCUT2D eigenvalue weighted by Crippen LogP contribution is -2.50. The number of rotatable bonds is 6. The number of hydrogen-bond acceptors (Lipinski definition) is 4. The molecule has 0 unspecified atom stereocenters. The number of nitrogens with two attached hydrogens (primary N) is 1. The van der Waals surface area contributed by atoms with Crippen molar-refractivity contribution >= 4 is 48.8 Å². The van der Waals surface area contributed by atoms with Gasteiger partial charge in [0.15, 0.2) is 0 Å². The summed E-state index contributed by atoms with van der Waals surface area (Å²) in [6, 6.07) is 10.2. The van der Waals surface area contributed by atoms with E-state index in [-0.39, 0.29) is 49.2 Å². The van der Waals surface area contributed by atoms with Crippen molar-refractivity contribution in [2.24, 2.45) is 5.73 Å². The molecule has 1 aliphatic rings. The van der Waals surface area contributed by atoms with Crippen molar-refractivity contribution in [2.45, 2.75) is 19.4 Å². The van der Waals surface area contributed by atoms with Gasteiger partial charge in [-0.05, 0) is 18.6 Å². The normalized spacial score (nSPS) is 15.2. The molecule has 8 heteroatoms. The van der Waals surface area contributed by atoms with Gasteiger partial charge in [0.2, 0.25) is 5.91 Å². The summed E-state index contributed by atoms with van der Waals surface area (Å²) in [5.74, 6) is 0.0467. The van der Waals surface area contributed by atoms with E-state index >= 15 is 0 Å². The SMILES string of the molecule is CC[C@H](N)C(=O)N(C)CCN1CCN(c2ccccc2)CC1.Cl.Cl.Cl. The van der Waals surface area contributed by atoms with E-state index < -0.39 is 0 Å². The summed E-state index contributed by atoms with van der Waals surface area (Å²) in [6.45, 7) is 7.76. The second-order valence-electron chi connectivity index (χ2n) is 5.94. The minimum absolute atomic E-state index is 0. The third-order valence-electron chi connectivity index (χ3n) is 4.38. The second-order valence-corrected chi connectivity index (χ2v) is 5.94. The maximum absolute atomic E-state index is 12.0. The van der Waals surface area contributed by atoms with Crippen molar-refractivity contribution < 1.29 is 4.79 Å². The van der Waals surface area contributed by atoms with Crippen LogP contribution in [-0.4, -0.2) is 68.1 Å². The van der Waals surface area contributed by atoms with Crippen LogP contribution in [0.15, 0.2) is 30.3 Å². The van der Waals surface area contributed by atoms with Gasteiger partial charge in [0.1, 0.15) is 0 Å². The summed E-state index contributed by atoms with van der Waals surface area (Å²) < 4.78 is 0. The summed E-state index contributed by atoms with van der Waals surface area (Å²) in [6.07, 6.45) is 0.693. The Labute approximate surface area is 170 Å². The molecule has 2 N–H and O–H groups in total. The zero-order chi connectivity index (χ0) is 15.9. The van der Waals surface area contributed by atoms with E-state index in [1.165, 1.54) is 5.69 Å². The molecule has 0 bridgehead atoms. The van der Waals surface area contributed by atoms with Gasteiger partial charge in [0.25, 0.3) is 0 Å².